The topological polar surface area (TPSA) is 29.3 Å². The molecule has 1 heterocycles. The van der Waals surface area contributed by atoms with Gasteiger partial charge in [-0.15, -0.1) is 0 Å². The molecule has 12 heavy (non-hydrogen) atoms. The Morgan fingerprint density at radius 1 is 1.67 bits per heavy atom. The molecule has 0 saturated heterocycles. The van der Waals surface area contributed by atoms with E-state index >= 15 is 0 Å². The minimum absolute atomic E-state index is 0.639. The van der Waals surface area contributed by atoms with E-state index in [4.69, 9.17) is 5.73 Å². The number of rotatable bonds is 1. The molecule has 0 spiro atoms. The molecule has 1 aliphatic rings. The van der Waals surface area contributed by atoms with Gasteiger partial charge in [-0.25, -0.2) is 0 Å². The number of allylic oxidation sites excluding steroid dienone is 3. The van der Waals surface area contributed by atoms with Gasteiger partial charge in [-0.3, -0.25) is 0 Å². The lowest BCUT2D eigenvalue weighted by Gasteiger charge is -2.18. The maximum absolute atomic E-state index is 5.33. The molecular weight excluding hydrogens is 148 g/mol. The van der Waals surface area contributed by atoms with Crippen LogP contribution in [0.4, 0.5) is 0 Å². The third-order valence-electron chi connectivity index (χ3n) is 1.67. The molecule has 1 rings (SSSR count). The molecule has 2 nitrogen and oxygen atoms in total. The highest BCUT2D eigenvalue weighted by Gasteiger charge is 2.00. The van der Waals surface area contributed by atoms with Crippen molar-refractivity contribution < 1.29 is 0 Å². The largest absolute Gasteiger partial charge is 0.364 e. The lowest BCUT2D eigenvalue weighted by atomic mass is 10.2. The summed E-state index contributed by atoms with van der Waals surface area (Å²) in [6.07, 6.45) is 6.93. The quantitative estimate of drug-likeness (QED) is 0.576. The van der Waals surface area contributed by atoms with Gasteiger partial charge < -0.3 is 10.6 Å². The Hall–Kier alpha value is -1.20. The van der Waals surface area contributed by atoms with E-state index in [0.717, 1.165) is 18.7 Å². The lowest BCUT2D eigenvalue weighted by molar-refractivity contribution is 0.479. The Bertz CT molecular complexity index is 253. The minimum Gasteiger partial charge on any atom is -0.364 e. The highest BCUT2D eigenvalue weighted by molar-refractivity contribution is 5.33. The van der Waals surface area contributed by atoms with Crippen LogP contribution in [0.25, 0.3) is 0 Å². The number of nitrogens with two attached hydrogens (primary N) is 1. The van der Waals surface area contributed by atoms with Gasteiger partial charge in [0.05, 0.1) is 5.70 Å². The number of likely N-dealkylation sites (N-methyl/N-ethyl adjacent to an activating group) is 1. The first-order valence-electron chi connectivity index (χ1n) is 4.11. The number of hydrogen-bond donors (Lipinski definition) is 1. The molecule has 0 aromatic rings. The molecule has 0 aliphatic carbocycles. The molecule has 2 heteroatoms. The van der Waals surface area contributed by atoms with E-state index < -0.39 is 0 Å². The smallest absolute Gasteiger partial charge is 0.0879 e. The maximum Gasteiger partial charge on any atom is 0.0879 e. The number of nitrogens with zero attached hydrogens (tertiary/aromatic N) is 1. The predicted octanol–water partition coefficient (Wildman–Crippen LogP) is 0.724. The van der Waals surface area contributed by atoms with Crippen molar-refractivity contribution in [3.63, 3.8) is 0 Å². The van der Waals surface area contributed by atoms with Crippen molar-refractivity contribution in [2.45, 2.75) is 6.42 Å². The molecule has 0 aromatic heterocycles. The first-order valence-corrected chi connectivity index (χ1v) is 4.11. The fourth-order valence-corrected chi connectivity index (χ4v) is 0.966. The van der Waals surface area contributed by atoms with Crippen LogP contribution >= 0.6 is 0 Å². The summed E-state index contributed by atoms with van der Waals surface area (Å²) in [5.41, 5.74) is 6.40. The first-order chi connectivity index (χ1) is 5.84. The van der Waals surface area contributed by atoms with Gasteiger partial charge in [0.15, 0.2) is 0 Å². The fourth-order valence-electron chi connectivity index (χ4n) is 0.966. The van der Waals surface area contributed by atoms with Gasteiger partial charge >= 0.3 is 0 Å². The van der Waals surface area contributed by atoms with E-state index in [1.165, 1.54) is 0 Å². The highest BCUT2D eigenvalue weighted by atomic mass is 15.1. The van der Waals surface area contributed by atoms with E-state index in [9.17, 15) is 0 Å². The summed E-state index contributed by atoms with van der Waals surface area (Å²) in [4.78, 5) is 2.11. The van der Waals surface area contributed by atoms with Gasteiger partial charge in [0, 0.05) is 26.6 Å². The minimum atomic E-state index is 0.639. The molecule has 0 radical (unpaired) electrons. The SMILES string of the molecule is CN1CC=CC=C1C#CCCN. The Labute approximate surface area is 73.7 Å². The average Bonchev–Trinajstić information content (AvgIpc) is 2.09. The lowest BCUT2D eigenvalue weighted by Crippen LogP contribution is -2.18. The Morgan fingerprint density at radius 3 is 3.17 bits per heavy atom. The third-order valence-corrected chi connectivity index (χ3v) is 1.67. The summed E-state index contributed by atoms with van der Waals surface area (Å²) in [5, 5.41) is 0. The molecular formula is C10H14N2. The van der Waals surface area contributed by atoms with Gasteiger partial charge in [-0.1, -0.05) is 18.1 Å². The Kier molecular flexibility index (Phi) is 3.43. The standard InChI is InChI=1S/C10H14N2/c1-12-9-5-3-7-10(12)6-2-4-8-11/h3,5,7H,4,8-9,11H2,1H3. The monoisotopic (exact) mass is 162 g/mol. The molecule has 0 atom stereocenters. The molecule has 0 amide bonds. The zero-order chi connectivity index (χ0) is 8.81. The molecule has 2 N–H and O–H groups in total. The van der Waals surface area contributed by atoms with Crippen molar-refractivity contribution in [1.29, 1.82) is 0 Å². The zero-order valence-electron chi connectivity index (χ0n) is 7.38. The van der Waals surface area contributed by atoms with E-state index in [1.54, 1.807) is 0 Å². The van der Waals surface area contributed by atoms with Crippen molar-refractivity contribution in [3.05, 3.63) is 23.9 Å². The van der Waals surface area contributed by atoms with E-state index in [-0.39, 0.29) is 0 Å². The maximum atomic E-state index is 5.33. The molecule has 0 bridgehead atoms. The van der Waals surface area contributed by atoms with Crippen LogP contribution in [0.3, 0.4) is 0 Å². The Morgan fingerprint density at radius 2 is 2.50 bits per heavy atom. The van der Waals surface area contributed by atoms with Crippen molar-refractivity contribution in [2.24, 2.45) is 5.73 Å². The van der Waals surface area contributed by atoms with Crippen molar-refractivity contribution in [1.82, 2.24) is 4.90 Å². The molecule has 0 aromatic carbocycles. The van der Waals surface area contributed by atoms with E-state index in [2.05, 4.69) is 22.8 Å². The average molecular weight is 162 g/mol. The van der Waals surface area contributed by atoms with Crippen molar-refractivity contribution in [3.8, 4) is 11.8 Å². The van der Waals surface area contributed by atoms with Crippen LogP contribution < -0.4 is 5.73 Å². The van der Waals surface area contributed by atoms with Crippen LogP contribution in [0.15, 0.2) is 23.9 Å². The highest BCUT2D eigenvalue weighted by Crippen LogP contribution is 2.04. The summed E-state index contributed by atoms with van der Waals surface area (Å²) in [6, 6.07) is 0. The van der Waals surface area contributed by atoms with Gasteiger partial charge in [-0.05, 0) is 12.0 Å². The fraction of sp³-hybridized carbons (Fsp3) is 0.400. The molecule has 1 aliphatic heterocycles. The number of hydrogen-bond acceptors (Lipinski definition) is 2. The third kappa shape index (κ3) is 2.44. The van der Waals surface area contributed by atoms with Crippen LogP contribution in [0.2, 0.25) is 0 Å². The van der Waals surface area contributed by atoms with Crippen LogP contribution in [0.1, 0.15) is 6.42 Å². The predicted molar refractivity (Wildman–Crippen MR) is 51.3 cm³/mol. The van der Waals surface area contributed by atoms with E-state index in [1.807, 2.05) is 19.2 Å². The molecule has 0 fully saturated rings. The molecule has 64 valence electrons. The van der Waals surface area contributed by atoms with Gasteiger partial charge in [0.1, 0.15) is 0 Å². The van der Waals surface area contributed by atoms with Crippen molar-refractivity contribution in [2.75, 3.05) is 20.1 Å². The van der Waals surface area contributed by atoms with Crippen molar-refractivity contribution >= 4 is 0 Å². The summed E-state index contributed by atoms with van der Waals surface area (Å²) in [7, 11) is 2.03. The summed E-state index contributed by atoms with van der Waals surface area (Å²) in [5.74, 6) is 6.09. The normalized spacial score (nSPS) is 15.2. The van der Waals surface area contributed by atoms with Gasteiger partial charge in [0.25, 0.3) is 0 Å². The van der Waals surface area contributed by atoms with E-state index in [0.29, 0.717) is 6.54 Å². The summed E-state index contributed by atoms with van der Waals surface area (Å²) in [6.45, 7) is 1.59. The van der Waals surface area contributed by atoms with Crippen LogP contribution in [-0.2, 0) is 0 Å². The van der Waals surface area contributed by atoms with Crippen LogP contribution in [0.5, 0.6) is 0 Å². The molecule has 0 saturated carbocycles. The second kappa shape index (κ2) is 4.63. The Balaban J connectivity index is 2.56. The molecule has 0 unspecified atom stereocenters. The second-order valence-corrected chi connectivity index (χ2v) is 2.70. The zero-order valence-corrected chi connectivity index (χ0v) is 7.38. The summed E-state index contributed by atoms with van der Waals surface area (Å²) >= 11 is 0. The van der Waals surface area contributed by atoms with Crippen LogP contribution in [0, 0.1) is 11.8 Å². The summed E-state index contributed by atoms with van der Waals surface area (Å²) < 4.78 is 0. The van der Waals surface area contributed by atoms with Crippen LogP contribution in [-0.4, -0.2) is 25.0 Å². The van der Waals surface area contributed by atoms with Gasteiger partial charge in [0.2, 0.25) is 0 Å². The van der Waals surface area contributed by atoms with Gasteiger partial charge in [-0.2, -0.15) is 0 Å². The first kappa shape index (κ1) is 8.89. The second-order valence-electron chi connectivity index (χ2n) is 2.70.